The second-order valence-corrected chi connectivity index (χ2v) is 4.52. The molecule has 0 saturated heterocycles. The van der Waals surface area contributed by atoms with Gasteiger partial charge in [-0.3, -0.25) is 10.6 Å². The Morgan fingerprint density at radius 3 is 2.71 bits per heavy atom. The summed E-state index contributed by atoms with van der Waals surface area (Å²) in [7, 11) is 1.49. The van der Waals surface area contributed by atoms with Gasteiger partial charge in [0.1, 0.15) is 11.6 Å². The van der Waals surface area contributed by atoms with Crippen LogP contribution >= 0.6 is 11.6 Å². The van der Waals surface area contributed by atoms with Gasteiger partial charge in [0.05, 0.1) is 23.4 Å². The van der Waals surface area contributed by atoms with Crippen LogP contribution in [0.2, 0.25) is 5.02 Å². The average Bonchev–Trinajstić information content (AvgIpc) is 2.47. The lowest BCUT2D eigenvalue weighted by molar-refractivity contribution is 0.102. The summed E-state index contributed by atoms with van der Waals surface area (Å²) in [4.78, 5) is 12.2. The number of ether oxygens (including phenoxy) is 1. The summed E-state index contributed by atoms with van der Waals surface area (Å²) in [5, 5.41) is 2.96. The molecule has 0 unspecified atom stereocenters. The van der Waals surface area contributed by atoms with Gasteiger partial charge in [0.15, 0.2) is 0 Å². The minimum atomic E-state index is -0.613. The topological polar surface area (TPSA) is 76.4 Å². The van der Waals surface area contributed by atoms with Crippen molar-refractivity contribution in [3.05, 3.63) is 52.8 Å². The molecule has 0 atom stereocenters. The number of nitrogens with one attached hydrogen (secondary N) is 2. The maximum atomic E-state index is 13.6. The predicted molar refractivity (Wildman–Crippen MR) is 80.2 cm³/mol. The molecule has 2 rings (SSSR count). The second-order valence-electron chi connectivity index (χ2n) is 4.11. The molecule has 4 N–H and O–H groups in total. The van der Waals surface area contributed by atoms with Crippen LogP contribution < -0.4 is 21.3 Å². The van der Waals surface area contributed by atoms with Crippen molar-refractivity contribution in [1.29, 1.82) is 0 Å². The Morgan fingerprint density at radius 1 is 1.33 bits per heavy atom. The summed E-state index contributed by atoms with van der Waals surface area (Å²) in [6, 6.07) is 8.86. The first-order chi connectivity index (χ1) is 10.1. The minimum Gasteiger partial charge on any atom is -0.495 e. The number of para-hydroxylation sites is 1. The van der Waals surface area contributed by atoms with Gasteiger partial charge in [-0.1, -0.05) is 17.7 Å². The van der Waals surface area contributed by atoms with Crippen molar-refractivity contribution < 1.29 is 13.9 Å². The summed E-state index contributed by atoms with van der Waals surface area (Å²) in [6.07, 6.45) is 0. The van der Waals surface area contributed by atoms with Crippen LogP contribution in [-0.2, 0) is 0 Å². The molecule has 0 heterocycles. The number of nitrogen functional groups attached to an aromatic ring is 1. The number of hydrazine groups is 1. The number of nitrogens with two attached hydrogens (primary N) is 1. The van der Waals surface area contributed by atoms with Gasteiger partial charge in [-0.05, 0) is 30.3 Å². The molecule has 7 heteroatoms. The number of carbonyl (C=O) groups is 1. The third-order valence-corrected chi connectivity index (χ3v) is 3.11. The molecule has 2 aromatic rings. The predicted octanol–water partition coefficient (Wildman–Crippen LogP) is 3.03. The van der Waals surface area contributed by atoms with E-state index in [9.17, 15) is 9.18 Å². The number of methoxy groups -OCH3 is 1. The molecule has 1 amide bonds. The van der Waals surface area contributed by atoms with Gasteiger partial charge in [-0.15, -0.1) is 0 Å². The smallest absolute Gasteiger partial charge is 0.257 e. The zero-order valence-corrected chi connectivity index (χ0v) is 11.9. The highest BCUT2D eigenvalue weighted by Crippen LogP contribution is 2.28. The van der Waals surface area contributed by atoms with E-state index in [-0.39, 0.29) is 11.3 Å². The molecule has 0 aliphatic rings. The Kier molecular flexibility index (Phi) is 4.62. The number of hydrogen-bond acceptors (Lipinski definition) is 4. The van der Waals surface area contributed by atoms with Gasteiger partial charge >= 0.3 is 0 Å². The Balaban J connectivity index is 2.26. The van der Waals surface area contributed by atoms with E-state index in [2.05, 4.69) is 10.7 Å². The molecule has 110 valence electrons. The van der Waals surface area contributed by atoms with Crippen molar-refractivity contribution in [2.45, 2.75) is 0 Å². The molecule has 0 radical (unpaired) electrons. The first-order valence-electron chi connectivity index (χ1n) is 5.97. The normalized spacial score (nSPS) is 10.1. The molecule has 21 heavy (non-hydrogen) atoms. The Hall–Kier alpha value is -2.31. The molecule has 0 bridgehead atoms. The summed E-state index contributed by atoms with van der Waals surface area (Å²) in [6.45, 7) is 0. The van der Waals surface area contributed by atoms with Gasteiger partial charge in [0.25, 0.3) is 5.91 Å². The Labute approximate surface area is 125 Å². The van der Waals surface area contributed by atoms with E-state index < -0.39 is 11.7 Å². The van der Waals surface area contributed by atoms with Crippen molar-refractivity contribution in [1.82, 2.24) is 0 Å². The maximum Gasteiger partial charge on any atom is 0.257 e. The van der Waals surface area contributed by atoms with Crippen molar-refractivity contribution in [3.8, 4) is 5.75 Å². The summed E-state index contributed by atoms with van der Waals surface area (Å²) >= 11 is 5.97. The number of benzene rings is 2. The van der Waals surface area contributed by atoms with Crippen molar-refractivity contribution >= 4 is 28.9 Å². The highest BCUT2D eigenvalue weighted by atomic mass is 35.5. The van der Waals surface area contributed by atoms with Crippen LogP contribution in [0.15, 0.2) is 36.4 Å². The van der Waals surface area contributed by atoms with Crippen molar-refractivity contribution in [2.24, 2.45) is 5.84 Å². The number of anilines is 2. The number of amides is 1. The minimum absolute atomic E-state index is 0.0744. The highest BCUT2D eigenvalue weighted by Gasteiger charge is 2.15. The lowest BCUT2D eigenvalue weighted by Crippen LogP contribution is -2.18. The lowest BCUT2D eigenvalue weighted by Gasteiger charge is -2.11. The van der Waals surface area contributed by atoms with E-state index in [1.54, 1.807) is 12.1 Å². The third kappa shape index (κ3) is 3.24. The van der Waals surface area contributed by atoms with E-state index in [4.69, 9.17) is 22.2 Å². The van der Waals surface area contributed by atoms with Crippen LogP contribution in [0.25, 0.3) is 0 Å². The van der Waals surface area contributed by atoms with Gasteiger partial charge in [0, 0.05) is 5.69 Å². The van der Waals surface area contributed by atoms with Crippen LogP contribution in [0.5, 0.6) is 5.75 Å². The third-order valence-electron chi connectivity index (χ3n) is 2.81. The molecule has 0 fully saturated rings. The number of rotatable bonds is 4. The van der Waals surface area contributed by atoms with Crippen LogP contribution in [-0.4, -0.2) is 13.0 Å². The molecule has 0 aromatic heterocycles. The molecule has 0 aliphatic carbocycles. The van der Waals surface area contributed by atoms with Crippen LogP contribution in [0.3, 0.4) is 0 Å². The number of hydrogen-bond donors (Lipinski definition) is 3. The molecule has 2 aromatic carbocycles. The fraction of sp³-hybridized carbons (Fsp3) is 0.0714. The van der Waals surface area contributed by atoms with E-state index in [1.807, 2.05) is 0 Å². The zero-order chi connectivity index (χ0) is 15.4. The largest absolute Gasteiger partial charge is 0.495 e. The first-order valence-corrected chi connectivity index (χ1v) is 6.34. The lowest BCUT2D eigenvalue weighted by atomic mass is 10.1. The Bertz CT molecular complexity index is 679. The molecule has 5 nitrogen and oxygen atoms in total. The highest BCUT2D eigenvalue weighted by molar-refractivity contribution is 6.32. The molecular weight excluding hydrogens is 297 g/mol. The van der Waals surface area contributed by atoms with E-state index in [0.29, 0.717) is 16.5 Å². The van der Waals surface area contributed by atoms with Gasteiger partial charge in [0.2, 0.25) is 0 Å². The van der Waals surface area contributed by atoms with Crippen LogP contribution in [0.4, 0.5) is 15.8 Å². The second kappa shape index (κ2) is 6.43. The molecule has 0 saturated carbocycles. The molecule has 0 spiro atoms. The van der Waals surface area contributed by atoms with E-state index >= 15 is 0 Å². The maximum absolute atomic E-state index is 13.6. The van der Waals surface area contributed by atoms with Crippen molar-refractivity contribution in [2.75, 3.05) is 17.9 Å². The standard InChI is InChI=1S/C14H13ClFN3O2/c1-21-12-6-5-8(7-10(12)15)18-14(20)9-3-2-4-11(16)13(9)19-17/h2-7,19H,17H2,1H3,(H,18,20). The quantitative estimate of drug-likeness (QED) is 0.599. The fourth-order valence-electron chi connectivity index (χ4n) is 1.80. The van der Waals surface area contributed by atoms with Gasteiger partial charge in [-0.25, -0.2) is 4.39 Å². The SMILES string of the molecule is COc1ccc(NC(=O)c2cccc(F)c2NN)cc1Cl. The summed E-state index contributed by atoms with van der Waals surface area (Å²) in [5.41, 5.74) is 2.65. The zero-order valence-electron chi connectivity index (χ0n) is 11.1. The van der Waals surface area contributed by atoms with Gasteiger partial charge < -0.3 is 15.5 Å². The average molecular weight is 310 g/mol. The Morgan fingerprint density at radius 2 is 2.10 bits per heavy atom. The van der Waals surface area contributed by atoms with Crippen molar-refractivity contribution in [3.63, 3.8) is 0 Å². The number of carbonyl (C=O) groups excluding carboxylic acids is 1. The molecular formula is C14H13ClFN3O2. The number of halogens is 2. The van der Waals surface area contributed by atoms with E-state index in [1.165, 1.54) is 31.4 Å². The van der Waals surface area contributed by atoms with E-state index in [0.717, 1.165) is 0 Å². The first kappa shape index (κ1) is 15.1. The monoisotopic (exact) mass is 309 g/mol. The van der Waals surface area contributed by atoms with Gasteiger partial charge in [-0.2, -0.15) is 0 Å². The van der Waals surface area contributed by atoms with Crippen LogP contribution in [0, 0.1) is 5.82 Å². The van der Waals surface area contributed by atoms with Crippen LogP contribution in [0.1, 0.15) is 10.4 Å². The summed E-state index contributed by atoms with van der Waals surface area (Å²) < 4.78 is 18.6. The molecule has 0 aliphatic heterocycles. The summed E-state index contributed by atoms with van der Waals surface area (Å²) in [5.74, 6) is 4.60. The fourth-order valence-corrected chi connectivity index (χ4v) is 2.06.